The molecule has 2 bridgehead atoms. The molecule has 0 spiro atoms. The molecule has 18 heteroatoms. The van der Waals surface area contributed by atoms with Gasteiger partial charge < -0.3 is 71.1 Å². The van der Waals surface area contributed by atoms with Crippen molar-refractivity contribution in [1.29, 1.82) is 0 Å². The van der Waals surface area contributed by atoms with Crippen molar-refractivity contribution in [3.8, 4) is 0 Å². The molecule has 3 heterocycles. The Hall–Kier alpha value is -3.56. The maximum atomic E-state index is 12.8. The van der Waals surface area contributed by atoms with Crippen LogP contribution in [0.15, 0.2) is 48.6 Å². The number of hydrogen-bond acceptors (Lipinski definition) is 15. The summed E-state index contributed by atoms with van der Waals surface area (Å²) in [6.07, 6.45) is 2.16. The van der Waals surface area contributed by atoms with Crippen LogP contribution in [0.4, 0.5) is 4.79 Å². The van der Waals surface area contributed by atoms with E-state index in [1.165, 1.54) is 0 Å². The Kier molecular flexibility index (Phi) is 19.9. The van der Waals surface area contributed by atoms with Crippen molar-refractivity contribution in [1.82, 2.24) is 10.6 Å². The van der Waals surface area contributed by atoms with Gasteiger partial charge in [0, 0.05) is 45.1 Å². The predicted molar refractivity (Wildman–Crippen MR) is 203 cm³/mol. The summed E-state index contributed by atoms with van der Waals surface area (Å²) >= 11 is 0. The average Bonchev–Trinajstić information content (AvgIpc) is 3.12. The minimum Gasteiger partial charge on any atom is -0.481 e. The van der Waals surface area contributed by atoms with Gasteiger partial charge in [-0.2, -0.15) is 0 Å². The molecule has 8 unspecified atom stereocenters. The van der Waals surface area contributed by atoms with Crippen molar-refractivity contribution >= 4 is 23.8 Å². The van der Waals surface area contributed by atoms with E-state index >= 15 is 0 Å². The summed E-state index contributed by atoms with van der Waals surface area (Å²) in [5, 5.41) is 79.4. The van der Waals surface area contributed by atoms with Gasteiger partial charge in [-0.1, -0.05) is 55.5 Å². The van der Waals surface area contributed by atoms with Gasteiger partial charge in [0.05, 0.1) is 67.7 Å². The number of carboxylic acid groups (broad SMARTS) is 1. The summed E-state index contributed by atoms with van der Waals surface area (Å²) in [5.74, 6) is -5.12. The third kappa shape index (κ3) is 16.3. The number of urea groups is 1. The Morgan fingerprint density at radius 1 is 1.00 bits per heavy atom. The molecular formula is C39H61N3O15. The molecule has 3 aliphatic heterocycles. The van der Waals surface area contributed by atoms with Crippen molar-refractivity contribution in [2.24, 2.45) is 11.7 Å². The highest BCUT2D eigenvalue weighted by Crippen LogP contribution is 2.35. The number of amides is 2. The fourth-order valence-corrected chi connectivity index (χ4v) is 6.82. The quantitative estimate of drug-likeness (QED) is 0.151. The molecule has 3 aliphatic rings. The standard InChI is InChI=1S/C39H61N3O15/c1-3-27-28(45)18-24(43)13-11-14-25(44)20-39(53)21-29(46)34(42-38(52)41-17-16-32(48)49)31(57-39)19-26(56-37-35(50)33(40)30(47)22-54-37)15-10-8-6-4-5-7-9-12-23(2)55-36(27)51/h4-10,15,23,25-31,33-35,37,44-47,50,53H,3,11-14,16-22,40H2,1-2H3,(H,48,49)(H2,41,42,52)/b5-4+,8-6+,9-7+,15-10+/t23-,25?,26?,27?,28?,29+,30?,31+,33+,34?,35+,37?,39?/m1/s1. The summed E-state index contributed by atoms with van der Waals surface area (Å²) in [4.78, 5) is 49.4. The highest BCUT2D eigenvalue weighted by Gasteiger charge is 2.48. The summed E-state index contributed by atoms with van der Waals surface area (Å²) in [7, 11) is 0. The van der Waals surface area contributed by atoms with Crippen molar-refractivity contribution < 1.29 is 73.9 Å². The van der Waals surface area contributed by atoms with Crippen LogP contribution in [-0.2, 0) is 33.3 Å². The van der Waals surface area contributed by atoms with E-state index < -0.39 is 110 Å². The molecule has 2 saturated heterocycles. The maximum Gasteiger partial charge on any atom is 0.315 e. The Morgan fingerprint density at radius 2 is 1.70 bits per heavy atom. The number of fused-ring (bicyclic) bond motifs is 2. The number of esters is 1. The van der Waals surface area contributed by atoms with Crippen LogP contribution in [0, 0.1) is 5.92 Å². The zero-order valence-corrected chi connectivity index (χ0v) is 32.5. The lowest BCUT2D eigenvalue weighted by Crippen LogP contribution is -2.63. The van der Waals surface area contributed by atoms with Crippen molar-refractivity contribution in [2.75, 3.05) is 13.2 Å². The molecule has 57 heavy (non-hydrogen) atoms. The van der Waals surface area contributed by atoms with Crippen LogP contribution in [0.5, 0.6) is 0 Å². The molecule has 2 fully saturated rings. The average molecular weight is 812 g/mol. The molecule has 11 N–H and O–H groups in total. The first-order chi connectivity index (χ1) is 27.0. The van der Waals surface area contributed by atoms with Gasteiger partial charge in [0.1, 0.15) is 18.0 Å². The molecule has 0 radical (unpaired) electrons. The molecule has 0 saturated carbocycles. The molecule has 0 aromatic carbocycles. The van der Waals surface area contributed by atoms with Crippen LogP contribution in [0.2, 0.25) is 0 Å². The maximum absolute atomic E-state index is 12.8. The number of nitrogens with one attached hydrogen (secondary N) is 2. The number of aliphatic carboxylic acids is 1. The Bertz CT molecular complexity index is 1420. The molecule has 0 aromatic heterocycles. The Balaban J connectivity index is 1.91. The van der Waals surface area contributed by atoms with Crippen molar-refractivity contribution in [3.63, 3.8) is 0 Å². The molecular weight excluding hydrogens is 750 g/mol. The number of hydrogen-bond donors (Lipinski definition) is 10. The van der Waals surface area contributed by atoms with Gasteiger partial charge in [-0.05, 0) is 26.2 Å². The van der Waals surface area contributed by atoms with Crippen LogP contribution in [0.1, 0.15) is 78.1 Å². The number of carbonyl (C=O) groups is 4. The molecule has 0 aliphatic carbocycles. The smallest absolute Gasteiger partial charge is 0.315 e. The second-order valence-electron chi connectivity index (χ2n) is 14.8. The van der Waals surface area contributed by atoms with E-state index in [4.69, 9.17) is 29.8 Å². The third-order valence-electron chi connectivity index (χ3n) is 9.95. The fraction of sp³-hybridized carbons (Fsp3) is 0.692. The molecule has 0 aromatic rings. The summed E-state index contributed by atoms with van der Waals surface area (Å²) < 4.78 is 23.3. The summed E-state index contributed by atoms with van der Waals surface area (Å²) in [5.41, 5.74) is 5.95. The topological polar surface area (TPSA) is 297 Å². The number of ether oxygens (including phenoxy) is 4. The number of carboxylic acids is 1. The van der Waals surface area contributed by atoms with Crippen LogP contribution in [0.3, 0.4) is 0 Å². The normalized spacial score (nSPS) is 39.2. The van der Waals surface area contributed by atoms with E-state index in [0.717, 1.165) is 0 Å². The van der Waals surface area contributed by atoms with Crippen LogP contribution >= 0.6 is 0 Å². The minimum absolute atomic E-state index is 0.0303. The zero-order chi connectivity index (χ0) is 42.1. The SMILES string of the molecule is CCC1C(=O)O[C@H](C)C/C=C/C=C/C=C/C=C/C(OC2OCC(O)[C@H](N)[C@@H]2O)C[C@@H]2OC(O)(CC(O)CCCC(=O)CC1O)C[C@H](O)C2NC(=O)NCCC(=O)O. The van der Waals surface area contributed by atoms with E-state index in [1.54, 1.807) is 62.5 Å². The van der Waals surface area contributed by atoms with Gasteiger partial charge in [0.2, 0.25) is 0 Å². The lowest BCUT2D eigenvalue weighted by atomic mass is 9.87. The molecule has 322 valence electrons. The molecule has 3 rings (SSSR count). The number of aliphatic hydroxyl groups is 6. The van der Waals surface area contributed by atoms with Gasteiger partial charge in [-0.25, -0.2) is 4.79 Å². The number of carbonyl (C=O) groups excluding carboxylic acids is 3. The number of rotatable bonds is 7. The van der Waals surface area contributed by atoms with Crippen LogP contribution in [0.25, 0.3) is 0 Å². The van der Waals surface area contributed by atoms with E-state index in [0.29, 0.717) is 6.42 Å². The zero-order valence-electron chi connectivity index (χ0n) is 32.5. The Labute approximate surface area is 332 Å². The van der Waals surface area contributed by atoms with Crippen LogP contribution < -0.4 is 16.4 Å². The number of aliphatic hydroxyl groups excluding tert-OH is 5. The van der Waals surface area contributed by atoms with Crippen molar-refractivity contribution in [2.45, 2.75) is 151 Å². The first-order valence-electron chi connectivity index (χ1n) is 19.5. The molecule has 13 atom stereocenters. The van der Waals surface area contributed by atoms with Gasteiger partial charge in [-0.15, -0.1) is 0 Å². The fourth-order valence-electron chi connectivity index (χ4n) is 6.82. The Morgan fingerprint density at radius 3 is 2.40 bits per heavy atom. The first kappa shape index (κ1) is 47.8. The highest BCUT2D eigenvalue weighted by molar-refractivity contribution is 5.80. The van der Waals surface area contributed by atoms with E-state index in [2.05, 4.69) is 10.6 Å². The first-order valence-corrected chi connectivity index (χ1v) is 19.5. The largest absolute Gasteiger partial charge is 0.481 e. The van der Waals surface area contributed by atoms with Gasteiger partial charge >= 0.3 is 18.0 Å². The lowest BCUT2D eigenvalue weighted by Gasteiger charge is -2.46. The molecule has 18 nitrogen and oxygen atoms in total. The second kappa shape index (κ2) is 23.7. The van der Waals surface area contributed by atoms with Gasteiger partial charge in [0.25, 0.3) is 0 Å². The third-order valence-corrected chi connectivity index (χ3v) is 9.95. The lowest BCUT2D eigenvalue weighted by molar-refractivity contribution is -0.298. The number of allylic oxidation sites excluding steroid dienone is 6. The van der Waals surface area contributed by atoms with Crippen molar-refractivity contribution in [3.05, 3.63) is 48.6 Å². The van der Waals surface area contributed by atoms with Gasteiger partial charge in [0.15, 0.2) is 12.1 Å². The minimum atomic E-state index is -2.14. The summed E-state index contributed by atoms with van der Waals surface area (Å²) in [6.45, 7) is 2.98. The number of cyclic esters (lactones) is 1. The predicted octanol–water partition coefficient (Wildman–Crippen LogP) is -0.0242. The monoisotopic (exact) mass is 811 g/mol. The van der Waals surface area contributed by atoms with E-state index in [-0.39, 0.29) is 63.9 Å². The number of nitrogens with two attached hydrogens (primary N) is 1. The van der Waals surface area contributed by atoms with Gasteiger partial charge in [-0.3, -0.25) is 14.4 Å². The number of ketones is 1. The summed E-state index contributed by atoms with van der Waals surface area (Å²) in [6, 6.07) is -3.11. The number of Topliss-reactive ketones (excluding diaryl/α,β-unsaturated/α-hetero) is 1. The van der Waals surface area contributed by atoms with E-state index in [1.807, 2.05) is 0 Å². The van der Waals surface area contributed by atoms with Crippen LogP contribution in [-0.4, -0.2) is 146 Å². The highest BCUT2D eigenvalue weighted by atomic mass is 16.7. The molecule has 2 amide bonds. The second-order valence-corrected chi connectivity index (χ2v) is 14.8. The van der Waals surface area contributed by atoms with E-state index in [9.17, 15) is 49.8 Å².